The van der Waals surface area contributed by atoms with E-state index in [1.807, 2.05) is 0 Å². The summed E-state index contributed by atoms with van der Waals surface area (Å²) >= 11 is 4.00. The van der Waals surface area contributed by atoms with Crippen molar-refractivity contribution >= 4 is 30.5 Å². The summed E-state index contributed by atoms with van der Waals surface area (Å²) in [5.41, 5.74) is 5.34. The Morgan fingerprint density at radius 3 is 2.45 bits per heavy atom. The van der Waals surface area contributed by atoms with Crippen LogP contribution in [0.15, 0.2) is 0 Å². The van der Waals surface area contributed by atoms with Gasteiger partial charge in [0.2, 0.25) is 5.91 Å². The molecule has 0 aromatic rings. The molecular weight excluding hydrogens is 284 g/mol. The van der Waals surface area contributed by atoms with Crippen LogP contribution in [0.25, 0.3) is 0 Å². The van der Waals surface area contributed by atoms with E-state index in [0.29, 0.717) is 25.8 Å². The van der Waals surface area contributed by atoms with Crippen LogP contribution in [-0.4, -0.2) is 48.4 Å². The topological polar surface area (TPSA) is 119 Å². The van der Waals surface area contributed by atoms with E-state index in [1.54, 1.807) is 0 Å². The minimum Gasteiger partial charge on any atom is -0.480 e. The lowest BCUT2D eigenvalue weighted by Gasteiger charge is -2.18. The molecule has 116 valence electrons. The molecule has 4 N–H and O–H groups in total. The molecule has 0 heterocycles. The Morgan fingerprint density at radius 1 is 1.35 bits per heavy atom. The maximum absolute atomic E-state index is 11.9. The molecule has 0 fully saturated rings. The number of ether oxygens (including phenoxy) is 1. The first-order chi connectivity index (χ1) is 9.46. The Hall–Kier alpha value is -1.28. The van der Waals surface area contributed by atoms with E-state index in [4.69, 9.17) is 10.8 Å². The van der Waals surface area contributed by atoms with Crippen molar-refractivity contribution < 1.29 is 24.2 Å². The summed E-state index contributed by atoms with van der Waals surface area (Å²) in [6, 6.07) is -0.978. The molecule has 0 bridgehead atoms. The van der Waals surface area contributed by atoms with E-state index in [9.17, 15) is 14.4 Å². The number of hydrogen-bond donors (Lipinski definition) is 4. The van der Waals surface area contributed by atoms with Crippen LogP contribution in [0.1, 0.15) is 25.7 Å². The van der Waals surface area contributed by atoms with Gasteiger partial charge in [0.05, 0.1) is 19.4 Å². The van der Waals surface area contributed by atoms with Gasteiger partial charge in [-0.05, 0) is 25.8 Å². The quantitative estimate of drug-likeness (QED) is 0.252. The summed E-state index contributed by atoms with van der Waals surface area (Å²) in [5.74, 6) is -2.72. The van der Waals surface area contributed by atoms with Gasteiger partial charge in [0.15, 0.2) is 0 Å². The third-order valence-electron chi connectivity index (χ3n) is 2.79. The molecule has 0 saturated heterocycles. The monoisotopic (exact) mass is 306 g/mol. The van der Waals surface area contributed by atoms with Crippen LogP contribution >= 0.6 is 12.6 Å². The van der Waals surface area contributed by atoms with Crippen LogP contribution in [-0.2, 0) is 19.1 Å². The first-order valence-corrected chi connectivity index (χ1v) is 7.00. The number of methoxy groups -OCH3 is 1. The van der Waals surface area contributed by atoms with Crippen LogP contribution in [0.3, 0.4) is 0 Å². The molecule has 0 rings (SSSR count). The zero-order chi connectivity index (χ0) is 15.5. The Bertz CT molecular complexity index is 338. The summed E-state index contributed by atoms with van der Waals surface area (Å²) in [4.78, 5) is 34.1. The summed E-state index contributed by atoms with van der Waals surface area (Å²) < 4.78 is 4.48. The number of nitrogens with one attached hydrogen (secondary N) is 1. The molecule has 1 amide bonds. The number of hydrogen-bond acceptors (Lipinski definition) is 6. The predicted octanol–water partition coefficient (Wildman–Crippen LogP) is -0.206. The number of amides is 1. The fourth-order valence-electron chi connectivity index (χ4n) is 1.56. The maximum atomic E-state index is 11.9. The number of carbonyl (C=O) groups is 3. The van der Waals surface area contributed by atoms with E-state index >= 15 is 0 Å². The van der Waals surface area contributed by atoms with Crippen molar-refractivity contribution in [3.05, 3.63) is 0 Å². The molecule has 20 heavy (non-hydrogen) atoms. The van der Waals surface area contributed by atoms with Gasteiger partial charge in [0.25, 0.3) is 0 Å². The second-order valence-electron chi connectivity index (χ2n) is 4.34. The van der Waals surface area contributed by atoms with Crippen LogP contribution < -0.4 is 11.1 Å². The van der Waals surface area contributed by atoms with E-state index < -0.39 is 29.8 Å². The highest BCUT2D eigenvalue weighted by Gasteiger charge is 2.26. The highest BCUT2D eigenvalue weighted by Crippen LogP contribution is 2.09. The van der Waals surface area contributed by atoms with E-state index in [2.05, 4.69) is 22.7 Å². The van der Waals surface area contributed by atoms with Crippen molar-refractivity contribution in [2.75, 3.05) is 19.4 Å². The molecule has 0 saturated carbocycles. The normalized spacial score (nSPS) is 13.3. The van der Waals surface area contributed by atoms with Gasteiger partial charge in [-0.1, -0.05) is 0 Å². The fraction of sp³-hybridized carbons (Fsp3) is 0.750. The predicted molar refractivity (Wildman–Crippen MR) is 76.4 cm³/mol. The summed E-state index contributed by atoms with van der Waals surface area (Å²) in [6.45, 7) is 0.474. The number of carboxylic acids is 1. The number of esters is 1. The van der Waals surface area contributed by atoms with Gasteiger partial charge in [-0.25, -0.2) is 4.79 Å². The first kappa shape index (κ1) is 18.7. The van der Waals surface area contributed by atoms with Gasteiger partial charge in [-0.2, -0.15) is 12.6 Å². The van der Waals surface area contributed by atoms with Gasteiger partial charge in [-0.15, -0.1) is 0 Å². The molecule has 0 aliphatic heterocycles. The van der Waals surface area contributed by atoms with Crippen LogP contribution in [0, 0.1) is 5.92 Å². The second-order valence-corrected chi connectivity index (χ2v) is 4.71. The molecule has 0 aromatic carbocycles. The lowest BCUT2D eigenvalue weighted by Crippen LogP contribution is -2.44. The number of carboxylic acid groups (broad SMARTS) is 1. The Labute approximate surface area is 123 Å². The largest absolute Gasteiger partial charge is 0.480 e. The smallest absolute Gasteiger partial charge is 0.326 e. The fourth-order valence-corrected chi connectivity index (χ4v) is 1.86. The molecule has 0 aliphatic carbocycles. The van der Waals surface area contributed by atoms with E-state index in [0.717, 1.165) is 0 Å². The average molecular weight is 306 g/mol. The maximum Gasteiger partial charge on any atom is 0.326 e. The lowest BCUT2D eigenvalue weighted by molar-refractivity contribution is -0.145. The van der Waals surface area contributed by atoms with Crippen LogP contribution in [0.2, 0.25) is 0 Å². The van der Waals surface area contributed by atoms with Crippen molar-refractivity contribution in [2.24, 2.45) is 11.7 Å². The Kier molecular flexibility index (Phi) is 9.83. The zero-order valence-corrected chi connectivity index (χ0v) is 12.4. The molecular formula is C12H22N2O5S. The summed E-state index contributed by atoms with van der Waals surface area (Å²) in [7, 11) is 1.22. The van der Waals surface area contributed by atoms with Crippen molar-refractivity contribution in [1.29, 1.82) is 0 Å². The second kappa shape index (κ2) is 10.5. The van der Waals surface area contributed by atoms with Crippen LogP contribution in [0.5, 0.6) is 0 Å². The highest BCUT2D eigenvalue weighted by molar-refractivity contribution is 7.80. The Balaban J connectivity index is 4.47. The third-order valence-corrected chi connectivity index (χ3v) is 3.23. The standard InChI is InChI=1S/C12H22N2O5S/c1-19-10(15)6-8(7-20)11(16)14-9(12(17)18)4-2-3-5-13/h8-9,20H,2-7,13H2,1H3,(H,14,16)(H,17,18)/t8?,9-/m0/s1. The third kappa shape index (κ3) is 7.34. The van der Waals surface area contributed by atoms with Gasteiger partial charge in [0, 0.05) is 5.75 Å². The van der Waals surface area contributed by atoms with Crippen molar-refractivity contribution in [3.8, 4) is 0 Å². The lowest BCUT2D eigenvalue weighted by atomic mass is 10.0. The van der Waals surface area contributed by atoms with Crippen molar-refractivity contribution in [1.82, 2.24) is 5.32 Å². The SMILES string of the molecule is COC(=O)CC(CS)C(=O)N[C@@H](CCCCN)C(=O)O. The number of nitrogens with two attached hydrogens (primary N) is 1. The molecule has 0 aromatic heterocycles. The zero-order valence-electron chi connectivity index (χ0n) is 11.5. The average Bonchev–Trinajstić information content (AvgIpc) is 2.42. The van der Waals surface area contributed by atoms with Gasteiger partial charge in [0.1, 0.15) is 6.04 Å². The van der Waals surface area contributed by atoms with E-state index in [-0.39, 0.29) is 12.2 Å². The van der Waals surface area contributed by atoms with Gasteiger partial charge in [-0.3, -0.25) is 9.59 Å². The minimum absolute atomic E-state index is 0.124. The molecule has 0 radical (unpaired) electrons. The summed E-state index contributed by atoms with van der Waals surface area (Å²) in [5, 5.41) is 11.5. The molecule has 0 spiro atoms. The molecule has 8 heteroatoms. The molecule has 7 nitrogen and oxygen atoms in total. The van der Waals surface area contributed by atoms with Crippen molar-refractivity contribution in [2.45, 2.75) is 31.7 Å². The van der Waals surface area contributed by atoms with Crippen molar-refractivity contribution in [3.63, 3.8) is 0 Å². The van der Waals surface area contributed by atoms with Gasteiger partial charge >= 0.3 is 11.9 Å². The number of aliphatic carboxylic acids is 1. The molecule has 2 atom stereocenters. The number of unbranched alkanes of at least 4 members (excludes halogenated alkanes) is 1. The number of rotatable bonds is 10. The molecule has 0 aliphatic rings. The molecule has 1 unspecified atom stereocenters. The van der Waals surface area contributed by atoms with Gasteiger partial charge < -0.3 is 20.9 Å². The van der Waals surface area contributed by atoms with E-state index in [1.165, 1.54) is 7.11 Å². The Morgan fingerprint density at radius 2 is 2.00 bits per heavy atom. The highest BCUT2D eigenvalue weighted by atomic mass is 32.1. The van der Waals surface area contributed by atoms with Crippen LogP contribution in [0.4, 0.5) is 0 Å². The summed E-state index contributed by atoms with van der Waals surface area (Å²) in [6.07, 6.45) is 1.48. The number of thiol groups is 1. The first-order valence-electron chi connectivity index (χ1n) is 6.37. The number of carbonyl (C=O) groups excluding carboxylic acids is 2. The minimum atomic E-state index is -1.11.